The molecule has 1 aliphatic heterocycles. The Hall–Kier alpha value is -0.590. The molecule has 0 spiro atoms. The maximum atomic E-state index is 13.1. The first-order valence-corrected chi connectivity index (χ1v) is 7.37. The first-order valence-electron chi connectivity index (χ1n) is 6.58. The van der Waals surface area contributed by atoms with Crippen molar-refractivity contribution < 1.29 is 17.9 Å². The molecule has 1 unspecified atom stereocenters. The fraction of sp³-hybridized carbons (Fsp3) is 0.571. The molecule has 1 aromatic rings. The van der Waals surface area contributed by atoms with Crippen LogP contribution in [0.5, 0.6) is 0 Å². The predicted molar refractivity (Wildman–Crippen MR) is 74.2 cm³/mol. The first kappa shape index (κ1) is 15.8. The van der Waals surface area contributed by atoms with E-state index in [2.05, 4.69) is 15.9 Å². The molecule has 2 N–H and O–H groups in total. The van der Waals surface area contributed by atoms with Crippen LogP contribution in [0.3, 0.4) is 0 Å². The molecule has 0 radical (unpaired) electrons. The molecule has 0 aliphatic carbocycles. The topological polar surface area (TPSA) is 35.2 Å². The van der Waals surface area contributed by atoms with Crippen LogP contribution in [0.4, 0.5) is 13.2 Å². The summed E-state index contributed by atoms with van der Waals surface area (Å²) in [6.45, 7) is 1.34. The molecule has 0 aromatic heterocycles. The minimum atomic E-state index is -4.38. The summed E-state index contributed by atoms with van der Waals surface area (Å²) in [6, 6.07) is 3.58. The SMILES string of the molecule is NC(CC1CCOCC1)c1ccc(Br)cc1C(F)(F)F. The van der Waals surface area contributed by atoms with E-state index >= 15 is 0 Å². The van der Waals surface area contributed by atoms with Crippen LogP contribution in [-0.4, -0.2) is 13.2 Å². The summed E-state index contributed by atoms with van der Waals surface area (Å²) >= 11 is 3.08. The van der Waals surface area contributed by atoms with E-state index in [9.17, 15) is 13.2 Å². The van der Waals surface area contributed by atoms with E-state index in [1.54, 1.807) is 6.07 Å². The quantitative estimate of drug-likeness (QED) is 0.881. The first-order chi connectivity index (χ1) is 9.38. The van der Waals surface area contributed by atoms with Gasteiger partial charge in [-0.2, -0.15) is 13.2 Å². The summed E-state index contributed by atoms with van der Waals surface area (Å²) in [4.78, 5) is 0. The van der Waals surface area contributed by atoms with Gasteiger partial charge in [0.25, 0.3) is 0 Å². The van der Waals surface area contributed by atoms with Crippen LogP contribution >= 0.6 is 15.9 Å². The van der Waals surface area contributed by atoms with Gasteiger partial charge in [-0.15, -0.1) is 0 Å². The number of halogens is 4. The fourth-order valence-electron chi connectivity index (χ4n) is 2.57. The maximum absolute atomic E-state index is 13.1. The second kappa shape index (κ2) is 6.45. The molecule has 0 amide bonds. The number of nitrogens with two attached hydrogens (primary N) is 1. The largest absolute Gasteiger partial charge is 0.416 e. The summed E-state index contributed by atoms with van der Waals surface area (Å²) in [5, 5.41) is 0. The Balaban J connectivity index is 2.18. The van der Waals surface area contributed by atoms with Gasteiger partial charge < -0.3 is 10.5 Å². The molecule has 1 aliphatic rings. The molecule has 112 valence electrons. The molecule has 2 rings (SSSR count). The minimum absolute atomic E-state index is 0.173. The lowest BCUT2D eigenvalue weighted by Crippen LogP contribution is -2.23. The van der Waals surface area contributed by atoms with Gasteiger partial charge in [0.2, 0.25) is 0 Å². The Morgan fingerprint density at radius 1 is 1.30 bits per heavy atom. The van der Waals surface area contributed by atoms with Gasteiger partial charge in [0.15, 0.2) is 0 Å². The van der Waals surface area contributed by atoms with Gasteiger partial charge in [0.1, 0.15) is 0 Å². The monoisotopic (exact) mass is 351 g/mol. The minimum Gasteiger partial charge on any atom is -0.381 e. The molecule has 0 saturated carbocycles. The van der Waals surface area contributed by atoms with Crippen molar-refractivity contribution in [1.29, 1.82) is 0 Å². The van der Waals surface area contributed by atoms with Gasteiger partial charge in [-0.25, -0.2) is 0 Å². The van der Waals surface area contributed by atoms with Crippen LogP contribution in [0.2, 0.25) is 0 Å². The van der Waals surface area contributed by atoms with Crippen LogP contribution < -0.4 is 5.73 Å². The van der Waals surface area contributed by atoms with Crippen molar-refractivity contribution in [2.24, 2.45) is 11.7 Å². The van der Waals surface area contributed by atoms with Crippen molar-refractivity contribution in [2.45, 2.75) is 31.5 Å². The van der Waals surface area contributed by atoms with Crippen molar-refractivity contribution in [3.63, 3.8) is 0 Å². The maximum Gasteiger partial charge on any atom is 0.416 e. The van der Waals surface area contributed by atoms with Crippen molar-refractivity contribution in [3.8, 4) is 0 Å². The van der Waals surface area contributed by atoms with Crippen molar-refractivity contribution in [2.75, 3.05) is 13.2 Å². The summed E-state index contributed by atoms with van der Waals surface area (Å²) in [7, 11) is 0. The normalized spacial score (nSPS) is 19.1. The van der Waals surface area contributed by atoms with Crippen molar-refractivity contribution >= 4 is 15.9 Å². The average Bonchev–Trinajstić information content (AvgIpc) is 2.38. The highest BCUT2D eigenvalue weighted by Crippen LogP contribution is 2.37. The number of alkyl halides is 3. The molecule has 20 heavy (non-hydrogen) atoms. The van der Waals surface area contributed by atoms with Gasteiger partial charge in [0.05, 0.1) is 5.56 Å². The molecular formula is C14H17BrF3NO. The van der Waals surface area contributed by atoms with Crippen LogP contribution in [-0.2, 0) is 10.9 Å². The molecule has 1 atom stereocenters. The number of ether oxygens (including phenoxy) is 1. The Bertz CT molecular complexity index is 458. The molecule has 6 heteroatoms. The molecule has 1 aromatic carbocycles. The van der Waals surface area contributed by atoms with E-state index in [4.69, 9.17) is 10.5 Å². The molecule has 1 fully saturated rings. The molecule has 1 heterocycles. The Kier molecular flexibility index (Phi) is 5.09. The van der Waals surface area contributed by atoms with Gasteiger partial charge in [-0.1, -0.05) is 22.0 Å². The van der Waals surface area contributed by atoms with Gasteiger partial charge in [-0.3, -0.25) is 0 Å². The smallest absolute Gasteiger partial charge is 0.381 e. The fourth-order valence-corrected chi connectivity index (χ4v) is 2.93. The predicted octanol–water partition coefficient (Wildman–Crippen LogP) is 4.28. The van der Waals surface area contributed by atoms with E-state index in [-0.39, 0.29) is 5.56 Å². The van der Waals surface area contributed by atoms with Crippen LogP contribution in [0.15, 0.2) is 22.7 Å². The number of hydrogen-bond donors (Lipinski definition) is 1. The second-order valence-corrected chi connectivity index (χ2v) is 6.04. The zero-order chi connectivity index (χ0) is 14.8. The van der Waals surface area contributed by atoms with Gasteiger partial charge >= 0.3 is 6.18 Å². The summed E-state index contributed by atoms with van der Waals surface area (Å²) in [5.41, 5.74) is 5.54. The molecule has 0 bridgehead atoms. The average molecular weight is 352 g/mol. The Labute approximate surface area is 124 Å². The summed E-state index contributed by atoms with van der Waals surface area (Å²) in [6.07, 6.45) is -2.09. The number of benzene rings is 1. The van der Waals surface area contributed by atoms with E-state index in [1.807, 2.05) is 0 Å². The molecule has 1 saturated heterocycles. The highest BCUT2D eigenvalue weighted by molar-refractivity contribution is 9.10. The lowest BCUT2D eigenvalue weighted by Gasteiger charge is -2.26. The second-order valence-electron chi connectivity index (χ2n) is 5.13. The summed E-state index contributed by atoms with van der Waals surface area (Å²) in [5.74, 6) is 0.337. The Morgan fingerprint density at radius 3 is 2.55 bits per heavy atom. The van der Waals surface area contributed by atoms with Crippen LogP contribution in [0.25, 0.3) is 0 Å². The third-order valence-corrected chi connectivity index (χ3v) is 4.14. The highest BCUT2D eigenvalue weighted by Gasteiger charge is 2.35. The van der Waals surface area contributed by atoms with Crippen molar-refractivity contribution in [3.05, 3.63) is 33.8 Å². The van der Waals surface area contributed by atoms with Crippen LogP contribution in [0.1, 0.15) is 36.4 Å². The van der Waals surface area contributed by atoms with E-state index < -0.39 is 17.8 Å². The lowest BCUT2D eigenvalue weighted by atomic mass is 9.88. The third kappa shape index (κ3) is 3.96. The van der Waals surface area contributed by atoms with Gasteiger partial charge in [-0.05, 0) is 42.9 Å². The lowest BCUT2D eigenvalue weighted by molar-refractivity contribution is -0.138. The zero-order valence-electron chi connectivity index (χ0n) is 10.9. The Morgan fingerprint density at radius 2 is 1.95 bits per heavy atom. The van der Waals surface area contributed by atoms with Gasteiger partial charge in [0, 0.05) is 23.7 Å². The third-order valence-electron chi connectivity index (χ3n) is 3.65. The van der Waals surface area contributed by atoms with E-state index in [0.29, 0.717) is 30.0 Å². The summed E-state index contributed by atoms with van der Waals surface area (Å²) < 4.78 is 44.9. The highest BCUT2D eigenvalue weighted by atomic mass is 79.9. The van der Waals surface area contributed by atoms with Crippen molar-refractivity contribution in [1.82, 2.24) is 0 Å². The zero-order valence-corrected chi connectivity index (χ0v) is 12.5. The molecular weight excluding hydrogens is 335 g/mol. The standard InChI is InChI=1S/C14H17BrF3NO/c15-10-1-2-11(12(8-10)14(16,17)18)13(19)7-9-3-5-20-6-4-9/h1-2,8-9,13H,3-7,19H2. The van der Waals surface area contributed by atoms with E-state index in [0.717, 1.165) is 18.9 Å². The van der Waals surface area contributed by atoms with Crippen LogP contribution in [0, 0.1) is 5.92 Å². The molecule has 2 nitrogen and oxygen atoms in total. The number of hydrogen-bond acceptors (Lipinski definition) is 2. The van der Waals surface area contributed by atoms with E-state index in [1.165, 1.54) is 6.07 Å². The number of rotatable bonds is 3.